The smallest absolute Gasteiger partial charge is 0.237 e. The predicted octanol–water partition coefficient (Wildman–Crippen LogP) is 2.27. The molecular weight excluding hydrogens is 254 g/mol. The van der Waals surface area contributed by atoms with Gasteiger partial charge >= 0.3 is 0 Å². The van der Waals surface area contributed by atoms with Crippen LogP contribution in [0.15, 0.2) is 34.7 Å². The highest BCUT2D eigenvalue weighted by Crippen LogP contribution is 2.27. The van der Waals surface area contributed by atoms with Crippen molar-refractivity contribution in [1.82, 2.24) is 15.5 Å². The molecule has 1 saturated heterocycles. The number of hydrogen-bond acceptors (Lipinski definition) is 5. The van der Waals surface area contributed by atoms with Crippen LogP contribution >= 0.6 is 0 Å². The third-order valence-electron chi connectivity index (χ3n) is 3.63. The molecule has 2 heterocycles. The summed E-state index contributed by atoms with van der Waals surface area (Å²) >= 11 is 0. The first-order valence-corrected chi connectivity index (χ1v) is 7.01. The van der Waals surface area contributed by atoms with E-state index < -0.39 is 0 Å². The molecule has 106 valence electrons. The average molecular weight is 273 g/mol. The maximum absolute atomic E-state index is 5.87. The molecule has 2 unspecified atom stereocenters. The molecule has 2 aromatic rings. The van der Waals surface area contributed by atoms with Crippen molar-refractivity contribution in [2.75, 3.05) is 20.3 Å². The van der Waals surface area contributed by atoms with Crippen LogP contribution in [0.4, 0.5) is 0 Å². The molecule has 1 aliphatic rings. The number of ether oxygens (including phenoxy) is 1. The minimum atomic E-state index is -0.0676. The fraction of sp³-hybridized carbons (Fsp3) is 0.467. The summed E-state index contributed by atoms with van der Waals surface area (Å²) in [6.07, 6.45) is 2.10. The Morgan fingerprint density at radius 2 is 2.10 bits per heavy atom. The van der Waals surface area contributed by atoms with Crippen molar-refractivity contribution in [3.05, 3.63) is 47.7 Å². The maximum atomic E-state index is 5.87. The Bertz CT molecular complexity index is 535. The fourth-order valence-corrected chi connectivity index (χ4v) is 2.54. The summed E-state index contributed by atoms with van der Waals surface area (Å²) in [6, 6.07) is 10.0. The highest BCUT2D eigenvalue weighted by atomic mass is 16.5. The van der Waals surface area contributed by atoms with Crippen LogP contribution in [0.5, 0.6) is 0 Å². The second-order valence-electron chi connectivity index (χ2n) is 5.02. The van der Waals surface area contributed by atoms with Crippen LogP contribution in [-0.2, 0) is 4.74 Å². The molecule has 0 saturated carbocycles. The Kier molecular flexibility index (Phi) is 4.08. The lowest BCUT2D eigenvalue weighted by atomic mass is 10.0. The largest absolute Gasteiger partial charge is 0.423 e. The van der Waals surface area contributed by atoms with Crippen molar-refractivity contribution in [3.63, 3.8) is 0 Å². The van der Waals surface area contributed by atoms with E-state index in [0.717, 1.165) is 25.0 Å². The van der Waals surface area contributed by atoms with Gasteiger partial charge in [-0.05, 0) is 25.5 Å². The van der Waals surface area contributed by atoms with Crippen molar-refractivity contribution in [1.29, 1.82) is 0 Å². The fourth-order valence-electron chi connectivity index (χ4n) is 2.54. The Hall–Kier alpha value is -1.72. The highest BCUT2D eigenvalue weighted by molar-refractivity contribution is 5.23. The normalized spacial score (nSPS) is 20.8. The van der Waals surface area contributed by atoms with Gasteiger partial charge in [0, 0.05) is 6.61 Å². The second-order valence-corrected chi connectivity index (χ2v) is 5.02. The maximum Gasteiger partial charge on any atom is 0.237 e. The zero-order chi connectivity index (χ0) is 13.8. The van der Waals surface area contributed by atoms with E-state index in [4.69, 9.17) is 9.15 Å². The zero-order valence-electron chi connectivity index (χ0n) is 11.6. The number of aromatic nitrogens is 2. The Labute approximate surface area is 118 Å². The van der Waals surface area contributed by atoms with Crippen LogP contribution in [0.1, 0.15) is 42.1 Å². The van der Waals surface area contributed by atoms with Crippen LogP contribution in [0.2, 0.25) is 0 Å². The Balaban J connectivity index is 1.81. The Morgan fingerprint density at radius 1 is 1.25 bits per heavy atom. The molecule has 0 amide bonds. The molecule has 1 aliphatic heterocycles. The van der Waals surface area contributed by atoms with E-state index in [0.29, 0.717) is 18.4 Å². The average Bonchev–Trinajstić information content (AvgIpc) is 3.00. The number of nitrogens with zero attached hydrogens (tertiary/aromatic N) is 2. The van der Waals surface area contributed by atoms with Gasteiger partial charge in [-0.25, -0.2) is 0 Å². The summed E-state index contributed by atoms with van der Waals surface area (Å²) in [5, 5.41) is 11.6. The molecule has 1 N–H and O–H groups in total. The lowest BCUT2D eigenvalue weighted by Gasteiger charge is -2.18. The summed E-state index contributed by atoms with van der Waals surface area (Å²) in [6.45, 7) is 1.51. The van der Waals surface area contributed by atoms with E-state index in [1.54, 1.807) is 0 Å². The lowest BCUT2D eigenvalue weighted by Crippen LogP contribution is -2.18. The van der Waals surface area contributed by atoms with Gasteiger partial charge < -0.3 is 14.5 Å². The van der Waals surface area contributed by atoms with Crippen molar-refractivity contribution in [3.8, 4) is 0 Å². The molecule has 0 bridgehead atoms. The summed E-state index contributed by atoms with van der Waals surface area (Å²) in [5.41, 5.74) is 1.12. The minimum Gasteiger partial charge on any atom is -0.423 e. The Morgan fingerprint density at radius 3 is 2.80 bits per heavy atom. The molecule has 5 nitrogen and oxygen atoms in total. The molecule has 5 heteroatoms. The summed E-state index contributed by atoms with van der Waals surface area (Å²) in [4.78, 5) is 0. The summed E-state index contributed by atoms with van der Waals surface area (Å²) in [7, 11) is 1.89. The van der Waals surface area contributed by atoms with E-state index in [1.807, 2.05) is 25.2 Å². The molecule has 1 aromatic heterocycles. The topological polar surface area (TPSA) is 60.2 Å². The van der Waals surface area contributed by atoms with Crippen LogP contribution in [0.25, 0.3) is 0 Å². The molecule has 2 atom stereocenters. The van der Waals surface area contributed by atoms with E-state index in [-0.39, 0.29) is 12.0 Å². The van der Waals surface area contributed by atoms with E-state index >= 15 is 0 Å². The van der Waals surface area contributed by atoms with Crippen molar-refractivity contribution >= 4 is 0 Å². The first kappa shape index (κ1) is 13.3. The number of nitrogens with one attached hydrogen (secondary N) is 1. The third-order valence-corrected chi connectivity index (χ3v) is 3.63. The molecule has 3 rings (SSSR count). The standard InChI is InChI=1S/C15H19N3O2/c1-16-13(11-6-3-2-4-7-11)15-18-17-14(20-15)12-8-5-9-19-10-12/h2-4,6-7,12-13,16H,5,8-10H2,1H3. The second kappa shape index (κ2) is 6.15. The van der Waals surface area contributed by atoms with Crippen LogP contribution < -0.4 is 5.32 Å². The molecular formula is C15H19N3O2. The number of rotatable bonds is 4. The lowest BCUT2D eigenvalue weighted by molar-refractivity contribution is 0.0720. The van der Waals surface area contributed by atoms with Crippen molar-refractivity contribution in [2.24, 2.45) is 0 Å². The highest BCUT2D eigenvalue weighted by Gasteiger charge is 2.24. The third kappa shape index (κ3) is 2.73. The first-order valence-electron chi connectivity index (χ1n) is 7.01. The van der Waals surface area contributed by atoms with Gasteiger partial charge in [0.1, 0.15) is 6.04 Å². The monoisotopic (exact) mass is 273 g/mol. The molecule has 1 aromatic carbocycles. The molecule has 0 spiro atoms. The van der Waals surface area contributed by atoms with Gasteiger partial charge in [0.25, 0.3) is 0 Å². The predicted molar refractivity (Wildman–Crippen MR) is 74.4 cm³/mol. The van der Waals surface area contributed by atoms with E-state index in [2.05, 4.69) is 27.6 Å². The van der Waals surface area contributed by atoms with Gasteiger partial charge in [-0.3, -0.25) is 0 Å². The first-order chi connectivity index (χ1) is 9.88. The molecule has 0 radical (unpaired) electrons. The zero-order valence-corrected chi connectivity index (χ0v) is 11.6. The quantitative estimate of drug-likeness (QED) is 0.926. The van der Waals surface area contributed by atoms with E-state index in [1.165, 1.54) is 0 Å². The van der Waals surface area contributed by atoms with Gasteiger partial charge in [-0.2, -0.15) is 0 Å². The van der Waals surface area contributed by atoms with Gasteiger partial charge in [-0.1, -0.05) is 30.3 Å². The van der Waals surface area contributed by atoms with Crippen molar-refractivity contribution < 1.29 is 9.15 Å². The number of hydrogen-bond donors (Lipinski definition) is 1. The number of benzene rings is 1. The SMILES string of the molecule is CNC(c1ccccc1)c1nnc(C2CCCOC2)o1. The minimum absolute atomic E-state index is 0.0676. The van der Waals surface area contributed by atoms with Crippen molar-refractivity contribution in [2.45, 2.75) is 24.8 Å². The van der Waals surface area contributed by atoms with E-state index in [9.17, 15) is 0 Å². The summed E-state index contributed by atoms with van der Waals surface area (Å²) in [5.74, 6) is 1.54. The summed E-state index contributed by atoms with van der Waals surface area (Å²) < 4.78 is 11.3. The van der Waals surface area contributed by atoms with Crippen LogP contribution in [-0.4, -0.2) is 30.5 Å². The van der Waals surface area contributed by atoms with Gasteiger partial charge in [0.2, 0.25) is 11.8 Å². The van der Waals surface area contributed by atoms with Crippen LogP contribution in [0, 0.1) is 0 Å². The molecule has 20 heavy (non-hydrogen) atoms. The molecule has 0 aliphatic carbocycles. The van der Waals surface area contributed by atoms with Crippen LogP contribution in [0.3, 0.4) is 0 Å². The van der Waals surface area contributed by atoms with Gasteiger partial charge in [0.15, 0.2) is 0 Å². The van der Waals surface area contributed by atoms with Gasteiger partial charge in [0.05, 0.1) is 12.5 Å². The van der Waals surface area contributed by atoms with Gasteiger partial charge in [-0.15, -0.1) is 10.2 Å². The molecule has 1 fully saturated rings.